The number of rotatable bonds is 5. The van der Waals surface area contributed by atoms with Gasteiger partial charge in [0.1, 0.15) is 18.4 Å². The third kappa shape index (κ3) is 4.33. The molecule has 5 aliphatic rings. The highest BCUT2D eigenvalue weighted by molar-refractivity contribution is 6.03. The Morgan fingerprint density at radius 3 is 2.59 bits per heavy atom. The molecule has 200 valence electrons. The molecular formula is C30H42N4O3. The van der Waals surface area contributed by atoms with Gasteiger partial charge in [-0.3, -0.25) is 14.5 Å². The average molecular weight is 507 g/mol. The van der Waals surface area contributed by atoms with Crippen molar-refractivity contribution in [3.05, 3.63) is 35.5 Å². The summed E-state index contributed by atoms with van der Waals surface area (Å²) in [6.07, 6.45) is 9.50. The number of benzene rings is 1. The van der Waals surface area contributed by atoms with Crippen LogP contribution in [-0.4, -0.2) is 66.5 Å². The molecule has 4 aliphatic heterocycles. The van der Waals surface area contributed by atoms with Crippen LogP contribution in [0.15, 0.2) is 24.4 Å². The van der Waals surface area contributed by atoms with E-state index in [-0.39, 0.29) is 11.8 Å². The second kappa shape index (κ2) is 9.64. The molecule has 6 rings (SSSR count). The number of nitrogens with one attached hydrogen (secondary N) is 1. The van der Waals surface area contributed by atoms with E-state index in [1.54, 1.807) is 4.90 Å². The van der Waals surface area contributed by atoms with Crippen LogP contribution < -0.4 is 15.0 Å². The van der Waals surface area contributed by atoms with E-state index in [0.717, 1.165) is 48.2 Å². The predicted molar refractivity (Wildman–Crippen MR) is 145 cm³/mol. The summed E-state index contributed by atoms with van der Waals surface area (Å²) in [4.78, 5) is 32.7. The molecule has 2 amide bonds. The van der Waals surface area contributed by atoms with Crippen LogP contribution in [0.2, 0.25) is 0 Å². The van der Waals surface area contributed by atoms with Gasteiger partial charge in [0.05, 0.1) is 18.3 Å². The van der Waals surface area contributed by atoms with E-state index in [4.69, 9.17) is 4.74 Å². The topological polar surface area (TPSA) is 65.1 Å². The van der Waals surface area contributed by atoms with Crippen molar-refractivity contribution in [2.24, 2.45) is 11.3 Å². The number of piperidine rings is 1. The Labute approximate surface area is 221 Å². The molecule has 37 heavy (non-hydrogen) atoms. The Bertz CT molecular complexity index is 1090. The quantitative estimate of drug-likeness (QED) is 0.645. The van der Waals surface area contributed by atoms with Gasteiger partial charge in [0, 0.05) is 43.0 Å². The van der Waals surface area contributed by atoms with E-state index < -0.39 is 6.04 Å². The minimum absolute atomic E-state index is 0.0661. The molecule has 0 aromatic heterocycles. The van der Waals surface area contributed by atoms with Crippen molar-refractivity contribution in [2.45, 2.75) is 83.8 Å². The molecule has 0 bridgehead atoms. The Kier molecular flexibility index (Phi) is 6.46. The standard InChI is InChI=1S/C30H42N4O3/c1-4-30(5-2)12-10-21(11-13-30)16-32-14-15-33-22(17-32)19-37-27-24-18-34(26-8-6-20(3)31-28(26)35)29(36)23(24)7-9-25(27)33/h7,9,21-22,26H,3-6,8,10-19H2,1-2H3,(H,31,35). The number of fused-ring (bicyclic) bond motifs is 5. The number of carbonyl (C=O) groups excluding carboxylic acids is 2. The first kappa shape index (κ1) is 24.8. The zero-order chi connectivity index (χ0) is 25.7. The fourth-order valence-electron chi connectivity index (χ4n) is 7.59. The molecule has 4 heterocycles. The number of piperazine rings is 1. The lowest BCUT2D eigenvalue weighted by Gasteiger charge is -2.47. The van der Waals surface area contributed by atoms with E-state index in [2.05, 4.69) is 41.6 Å². The molecule has 2 atom stereocenters. The van der Waals surface area contributed by atoms with Crippen molar-refractivity contribution in [1.82, 2.24) is 15.1 Å². The number of anilines is 1. The minimum atomic E-state index is -0.444. The molecule has 1 aromatic rings. The summed E-state index contributed by atoms with van der Waals surface area (Å²) in [7, 11) is 0. The summed E-state index contributed by atoms with van der Waals surface area (Å²) in [5, 5.41) is 2.82. The fraction of sp³-hybridized carbons (Fsp3) is 0.667. The molecule has 3 fully saturated rings. The van der Waals surface area contributed by atoms with Gasteiger partial charge in [0.2, 0.25) is 5.91 Å². The molecule has 1 saturated carbocycles. The van der Waals surface area contributed by atoms with Crippen molar-refractivity contribution < 1.29 is 14.3 Å². The molecule has 7 nitrogen and oxygen atoms in total. The monoisotopic (exact) mass is 506 g/mol. The maximum atomic E-state index is 13.3. The van der Waals surface area contributed by atoms with Gasteiger partial charge in [0.25, 0.3) is 5.91 Å². The second-order valence-corrected chi connectivity index (χ2v) is 12.1. The Morgan fingerprint density at radius 2 is 1.86 bits per heavy atom. The molecule has 2 unspecified atom stereocenters. The second-order valence-electron chi connectivity index (χ2n) is 12.1. The van der Waals surface area contributed by atoms with Crippen molar-refractivity contribution in [2.75, 3.05) is 37.7 Å². The van der Waals surface area contributed by atoms with Crippen LogP contribution in [0.1, 0.15) is 81.1 Å². The smallest absolute Gasteiger partial charge is 0.255 e. The van der Waals surface area contributed by atoms with Crippen molar-refractivity contribution in [3.63, 3.8) is 0 Å². The molecule has 1 aromatic carbocycles. The third-order valence-electron chi connectivity index (χ3n) is 10.2. The van der Waals surface area contributed by atoms with Crippen molar-refractivity contribution in [1.29, 1.82) is 0 Å². The van der Waals surface area contributed by atoms with Gasteiger partial charge >= 0.3 is 0 Å². The lowest BCUT2D eigenvalue weighted by atomic mass is 9.67. The number of amides is 2. The number of carbonyl (C=O) groups is 2. The summed E-state index contributed by atoms with van der Waals surface area (Å²) in [6.45, 7) is 14.0. The van der Waals surface area contributed by atoms with Crippen LogP contribution in [0.25, 0.3) is 0 Å². The zero-order valence-corrected chi connectivity index (χ0v) is 22.6. The van der Waals surface area contributed by atoms with Gasteiger partial charge in [-0.15, -0.1) is 0 Å². The highest BCUT2D eigenvalue weighted by Gasteiger charge is 2.43. The van der Waals surface area contributed by atoms with Crippen LogP contribution in [0, 0.1) is 11.3 Å². The van der Waals surface area contributed by atoms with Gasteiger partial charge in [-0.05, 0) is 62.0 Å². The normalized spacial score (nSPS) is 27.9. The SMILES string of the molecule is C=C1CCC(N2Cc3c(ccc4c3OCC3CN(CC5CCC(CC)(CC)CC5)CCN43)C2=O)C(=O)N1. The molecule has 7 heteroatoms. The van der Waals surface area contributed by atoms with E-state index >= 15 is 0 Å². The predicted octanol–water partition coefficient (Wildman–Crippen LogP) is 4.31. The van der Waals surface area contributed by atoms with E-state index in [1.807, 2.05) is 6.07 Å². The van der Waals surface area contributed by atoms with Crippen LogP contribution in [0.5, 0.6) is 5.75 Å². The van der Waals surface area contributed by atoms with E-state index in [1.165, 1.54) is 45.1 Å². The maximum absolute atomic E-state index is 13.3. The summed E-state index contributed by atoms with van der Waals surface area (Å²) in [6, 6.07) is 3.91. The number of ether oxygens (including phenoxy) is 1. The first-order chi connectivity index (χ1) is 17.9. The molecule has 0 spiro atoms. The first-order valence-corrected chi connectivity index (χ1v) is 14.5. The van der Waals surface area contributed by atoms with Crippen LogP contribution in [0.4, 0.5) is 5.69 Å². The van der Waals surface area contributed by atoms with Gasteiger partial charge in [-0.1, -0.05) is 33.3 Å². The van der Waals surface area contributed by atoms with Crippen LogP contribution in [-0.2, 0) is 11.3 Å². The summed E-state index contributed by atoms with van der Waals surface area (Å²) in [5.41, 5.74) is 4.07. The van der Waals surface area contributed by atoms with Crippen LogP contribution >= 0.6 is 0 Å². The minimum Gasteiger partial charge on any atom is -0.489 e. The van der Waals surface area contributed by atoms with Crippen molar-refractivity contribution >= 4 is 17.5 Å². The van der Waals surface area contributed by atoms with E-state index in [0.29, 0.717) is 43.0 Å². The average Bonchev–Trinajstić information content (AvgIpc) is 3.25. The summed E-state index contributed by atoms with van der Waals surface area (Å²) < 4.78 is 6.40. The molecule has 1 N–H and O–H groups in total. The highest BCUT2D eigenvalue weighted by Crippen LogP contribution is 2.45. The number of hydrogen-bond acceptors (Lipinski definition) is 5. The summed E-state index contributed by atoms with van der Waals surface area (Å²) >= 11 is 0. The van der Waals surface area contributed by atoms with Gasteiger partial charge in [0.15, 0.2) is 0 Å². The number of allylic oxidation sites excluding steroid dienone is 1. The Balaban J connectivity index is 1.11. The molecule has 1 aliphatic carbocycles. The van der Waals surface area contributed by atoms with Gasteiger partial charge in [-0.2, -0.15) is 0 Å². The summed E-state index contributed by atoms with van der Waals surface area (Å²) in [5.74, 6) is 1.48. The van der Waals surface area contributed by atoms with Crippen LogP contribution in [0.3, 0.4) is 0 Å². The highest BCUT2D eigenvalue weighted by atomic mass is 16.5. The van der Waals surface area contributed by atoms with E-state index in [9.17, 15) is 9.59 Å². The maximum Gasteiger partial charge on any atom is 0.255 e. The Hall–Kier alpha value is -2.54. The largest absolute Gasteiger partial charge is 0.489 e. The zero-order valence-electron chi connectivity index (χ0n) is 22.6. The fourth-order valence-corrected chi connectivity index (χ4v) is 7.59. The van der Waals surface area contributed by atoms with Crippen molar-refractivity contribution in [3.8, 4) is 5.75 Å². The molecule has 2 saturated heterocycles. The third-order valence-corrected chi connectivity index (χ3v) is 10.2. The number of nitrogens with zero attached hydrogens (tertiary/aromatic N) is 3. The first-order valence-electron chi connectivity index (χ1n) is 14.5. The molecule has 0 radical (unpaired) electrons. The van der Waals surface area contributed by atoms with Gasteiger partial charge in [-0.25, -0.2) is 0 Å². The molecular weight excluding hydrogens is 464 g/mol. The number of hydrogen-bond donors (Lipinski definition) is 1. The lowest BCUT2D eigenvalue weighted by molar-refractivity contribution is -0.126. The van der Waals surface area contributed by atoms with Gasteiger partial charge < -0.3 is 19.9 Å². The lowest BCUT2D eigenvalue weighted by Crippen LogP contribution is -2.58. The Morgan fingerprint density at radius 1 is 1.08 bits per heavy atom.